The van der Waals surface area contributed by atoms with Gasteiger partial charge in [0, 0.05) is 50.4 Å². The third-order valence-corrected chi connectivity index (χ3v) is 7.17. The van der Waals surface area contributed by atoms with Crippen molar-refractivity contribution in [3.63, 3.8) is 0 Å². The number of para-hydroxylation sites is 1. The molecule has 0 spiro atoms. The molecule has 0 radical (unpaired) electrons. The molecule has 4 aromatic rings. The first-order valence-corrected chi connectivity index (χ1v) is 13.8. The summed E-state index contributed by atoms with van der Waals surface area (Å²) in [5.74, 6) is 0.931. The number of amides is 3. The van der Waals surface area contributed by atoms with Crippen LogP contribution in [0.2, 0.25) is 0 Å². The Morgan fingerprint density at radius 1 is 1.02 bits per heavy atom. The quantitative estimate of drug-likeness (QED) is 0.127. The fourth-order valence-corrected chi connectivity index (χ4v) is 5.13. The summed E-state index contributed by atoms with van der Waals surface area (Å²) < 4.78 is 0. The highest BCUT2D eigenvalue weighted by Crippen LogP contribution is 2.28. The van der Waals surface area contributed by atoms with E-state index in [-0.39, 0.29) is 17.9 Å². The predicted octanol–water partition coefficient (Wildman–Crippen LogP) is 2.99. The molecule has 2 aromatic carbocycles. The van der Waals surface area contributed by atoms with Crippen molar-refractivity contribution in [2.24, 2.45) is 0 Å². The average molecular weight is 555 g/mol. The molecule has 41 heavy (non-hydrogen) atoms. The number of H-pyrrole nitrogens is 1. The Hall–Kier alpha value is -4.93. The van der Waals surface area contributed by atoms with Crippen molar-refractivity contribution in [1.29, 1.82) is 0 Å². The fraction of sp³-hybridized carbons (Fsp3) is 0.300. The molecule has 0 unspecified atom stereocenters. The number of likely N-dealkylation sites (tertiary alicyclic amines) is 1. The van der Waals surface area contributed by atoms with Gasteiger partial charge >= 0.3 is 0 Å². The standard InChI is InChI=1S/C30H34N8O3/c1-21(40)32-14-15-33-28-25-18-26(34-29(25)36-27(35-28)22-8-4-2-5-9-22)30(41)37-16-12-24(13-17-37)38(19-31-20-39)23-10-6-3-7-11-23/h2-11,18,20,24H,12-17,19H2,1H3,(H,31,39)(H,32,40)(H2,33,34,35,36). The molecule has 4 N–H and O–H groups in total. The van der Waals surface area contributed by atoms with E-state index < -0.39 is 0 Å². The summed E-state index contributed by atoms with van der Waals surface area (Å²) in [6, 6.07) is 21.6. The van der Waals surface area contributed by atoms with Crippen LogP contribution in [0.5, 0.6) is 0 Å². The lowest BCUT2D eigenvalue weighted by Crippen LogP contribution is -2.49. The van der Waals surface area contributed by atoms with Crippen molar-refractivity contribution < 1.29 is 14.4 Å². The van der Waals surface area contributed by atoms with Crippen LogP contribution in [0.4, 0.5) is 11.5 Å². The van der Waals surface area contributed by atoms with Crippen LogP contribution < -0.4 is 20.9 Å². The summed E-state index contributed by atoms with van der Waals surface area (Å²) in [4.78, 5) is 52.6. The zero-order valence-electron chi connectivity index (χ0n) is 23.0. The number of fused-ring (bicyclic) bond motifs is 1. The van der Waals surface area contributed by atoms with Gasteiger partial charge in [-0.25, -0.2) is 9.97 Å². The lowest BCUT2D eigenvalue weighted by Gasteiger charge is -2.39. The van der Waals surface area contributed by atoms with Gasteiger partial charge in [-0.3, -0.25) is 14.4 Å². The van der Waals surface area contributed by atoms with Gasteiger partial charge in [-0.2, -0.15) is 0 Å². The number of rotatable bonds is 11. The van der Waals surface area contributed by atoms with Crippen LogP contribution in [0, 0.1) is 0 Å². The first-order valence-electron chi connectivity index (χ1n) is 13.8. The second-order valence-electron chi connectivity index (χ2n) is 9.93. The van der Waals surface area contributed by atoms with Crippen molar-refractivity contribution in [2.45, 2.75) is 25.8 Å². The number of nitrogens with zero attached hydrogens (tertiary/aromatic N) is 4. The summed E-state index contributed by atoms with van der Waals surface area (Å²) >= 11 is 0. The third-order valence-electron chi connectivity index (χ3n) is 7.17. The van der Waals surface area contributed by atoms with Gasteiger partial charge in [0.25, 0.3) is 5.91 Å². The van der Waals surface area contributed by atoms with E-state index >= 15 is 0 Å². The number of piperidine rings is 1. The minimum absolute atomic E-state index is 0.0933. The molecule has 1 aliphatic heterocycles. The van der Waals surface area contributed by atoms with E-state index in [0.29, 0.717) is 67.6 Å². The molecule has 0 bridgehead atoms. The van der Waals surface area contributed by atoms with E-state index in [9.17, 15) is 14.4 Å². The smallest absolute Gasteiger partial charge is 0.270 e. The van der Waals surface area contributed by atoms with Gasteiger partial charge in [0.1, 0.15) is 17.2 Å². The molecular weight excluding hydrogens is 520 g/mol. The number of benzene rings is 2. The molecule has 3 amide bonds. The lowest BCUT2D eigenvalue weighted by molar-refractivity contribution is -0.118. The van der Waals surface area contributed by atoms with Gasteiger partial charge in [-0.15, -0.1) is 0 Å². The fourth-order valence-electron chi connectivity index (χ4n) is 5.13. The van der Waals surface area contributed by atoms with Gasteiger partial charge in [-0.1, -0.05) is 48.5 Å². The largest absolute Gasteiger partial charge is 0.368 e. The van der Waals surface area contributed by atoms with Crippen LogP contribution in [0.3, 0.4) is 0 Å². The van der Waals surface area contributed by atoms with Crippen molar-refractivity contribution in [3.05, 3.63) is 72.4 Å². The highest BCUT2D eigenvalue weighted by molar-refractivity contribution is 6.00. The van der Waals surface area contributed by atoms with Crippen molar-refractivity contribution in [3.8, 4) is 11.4 Å². The Labute approximate surface area is 238 Å². The number of aromatic amines is 1. The van der Waals surface area contributed by atoms with Crippen LogP contribution in [0.1, 0.15) is 30.3 Å². The number of nitrogens with one attached hydrogen (secondary N) is 4. The van der Waals surface area contributed by atoms with Crippen molar-refractivity contribution >= 4 is 40.8 Å². The van der Waals surface area contributed by atoms with Crippen LogP contribution in [-0.4, -0.2) is 77.0 Å². The number of hydrogen-bond acceptors (Lipinski definition) is 7. The maximum absolute atomic E-state index is 13.6. The topological polar surface area (TPSA) is 135 Å². The highest BCUT2D eigenvalue weighted by atomic mass is 16.2. The van der Waals surface area contributed by atoms with Crippen LogP contribution in [0.15, 0.2) is 66.7 Å². The number of aromatic nitrogens is 3. The Balaban J connectivity index is 1.34. The van der Waals surface area contributed by atoms with Gasteiger partial charge in [-0.05, 0) is 31.0 Å². The summed E-state index contributed by atoms with van der Waals surface area (Å²) in [6.45, 7) is 3.98. The molecule has 1 saturated heterocycles. The summed E-state index contributed by atoms with van der Waals surface area (Å²) in [7, 11) is 0. The summed E-state index contributed by atoms with van der Waals surface area (Å²) in [6.07, 6.45) is 2.25. The number of carbonyl (C=O) groups excluding carboxylic acids is 3. The molecule has 0 atom stereocenters. The second kappa shape index (κ2) is 12.9. The van der Waals surface area contributed by atoms with Crippen LogP contribution in [0.25, 0.3) is 22.4 Å². The van der Waals surface area contributed by atoms with Gasteiger partial charge in [0.15, 0.2) is 5.82 Å². The van der Waals surface area contributed by atoms with Crippen LogP contribution in [-0.2, 0) is 9.59 Å². The minimum atomic E-state index is -0.102. The maximum atomic E-state index is 13.6. The Bertz CT molecular complexity index is 1480. The molecule has 3 heterocycles. The van der Waals surface area contributed by atoms with E-state index in [2.05, 4.69) is 25.8 Å². The zero-order chi connectivity index (χ0) is 28.6. The Morgan fingerprint density at radius 3 is 2.41 bits per heavy atom. The molecule has 0 aliphatic carbocycles. The average Bonchev–Trinajstić information content (AvgIpc) is 3.45. The highest BCUT2D eigenvalue weighted by Gasteiger charge is 2.29. The Morgan fingerprint density at radius 2 is 1.73 bits per heavy atom. The first kappa shape index (κ1) is 27.6. The second-order valence-corrected chi connectivity index (χ2v) is 9.93. The molecule has 1 fully saturated rings. The molecule has 0 saturated carbocycles. The van der Waals surface area contributed by atoms with Crippen LogP contribution >= 0.6 is 0 Å². The minimum Gasteiger partial charge on any atom is -0.368 e. The molecule has 212 valence electrons. The molecule has 1 aliphatic rings. The van der Waals surface area contributed by atoms with Crippen molar-refractivity contribution in [2.75, 3.05) is 43.1 Å². The third kappa shape index (κ3) is 6.63. The monoisotopic (exact) mass is 554 g/mol. The molecule has 2 aromatic heterocycles. The van der Waals surface area contributed by atoms with E-state index in [1.807, 2.05) is 65.6 Å². The van der Waals surface area contributed by atoms with Gasteiger partial charge in [0.05, 0.1) is 12.1 Å². The predicted molar refractivity (Wildman–Crippen MR) is 158 cm³/mol. The van der Waals surface area contributed by atoms with Gasteiger partial charge in [0.2, 0.25) is 12.3 Å². The number of hydrogen-bond donors (Lipinski definition) is 4. The van der Waals surface area contributed by atoms with E-state index in [1.54, 1.807) is 6.07 Å². The number of anilines is 2. The molecule has 5 rings (SSSR count). The lowest BCUT2D eigenvalue weighted by atomic mass is 10.0. The normalized spacial score (nSPS) is 13.5. The first-order chi connectivity index (χ1) is 20.0. The zero-order valence-corrected chi connectivity index (χ0v) is 23.0. The van der Waals surface area contributed by atoms with E-state index in [4.69, 9.17) is 9.97 Å². The Kier molecular flexibility index (Phi) is 8.73. The summed E-state index contributed by atoms with van der Waals surface area (Å²) in [5.41, 5.74) is 2.91. The SMILES string of the molecule is CC(=O)NCCNc1nc(-c2ccccc2)nc2[nH]c(C(=O)N3CCC(N(CNC=O)c4ccccc4)CC3)cc12. The number of carbonyl (C=O) groups is 3. The van der Waals surface area contributed by atoms with Crippen molar-refractivity contribution in [1.82, 2.24) is 30.5 Å². The maximum Gasteiger partial charge on any atom is 0.270 e. The molecule has 11 heteroatoms. The molecule has 11 nitrogen and oxygen atoms in total. The van der Waals surface area contributed by atoms with E-state index in [1.165, 1.54) is 6.92 Å². The summed E-state index contributed by atoms with van der Waals surface area (Å²) in [5, 5.41) is 9.55. The van der Waals surface area contributed by atoms with E-state index in [0.717, 1.165) is 24.1 Å². The molecular formula is C30H34N8O3. The van der Waals surface area contributed by atoms with Gasteiger partial charge < -0.3 is 30.7 Å².